The van der Waals surface area contributed by atoms with Crippen LogP contribution in [0.4, 0.5) is 5.69 Å². The molecule has 0 bridgehead atoms. The van der Waals surface area contributed by atoms with Crippen LogP contribution in [-0.4, -0.2) is 18.6 Å². The predicted octanol–water partition coefficient (Wildman–Crippen LogP) is 4.20. The number of benzene rings is 2. The number of nitrogens with zero attached hydrogens (tertiary/aromatic N) is 2. The minimum Gasteiger partial charge on any atom is -0.356 e. The summed E-state index contributed by atoms with van der Waals surface area (Å²) in [5.41, 5.74) is 2.93. The Balaban J connectivity index is 1.65. The molecule has 132 valence electrons. The van der Waals surface area contributed by atoms with Gasteiger partial charge in [0.2, 0.25) is 10.0 Å². The van der Waals surface area contributed by atoms with Gasteiger partial charge in [0.1, 0.15) is 11.4 Å². The second-order valence-electron chi connectivity index (χ2n) is 5.78. The van der Waals surface area contributed by atoms with Crippen LogP contribution >= 0.6 is 11.3 Å². The molecule has 0 fully saturated rings. The largest absolute Gasteiger partial charge is 0.356 e. The molecule has 4 aromatic rings. The van der Waals surface area contributed by atoms with E-state index in [1.54, 1.807) is 24.3 Å². The minimum absolute atomic E-state index is 0.269. The van der Waals surface area contributed by atoms with E-state index in [4.69, 9.17) is 4.52 Å². The number of aryl methyl sites for hydroxylation is 1. The molecule has 0 saturated carbocycles. The van der Waals surface area contributed by atoms with Crippen molar-refractivity contribution in [2.45, 2.75) is 12.7 Å². The molecule has 0 aliphatic rings. The standard InChI is InChI=1S/C18H15N3O3S2/c1-12-19-16(10-25-12)13-6-2-4-8-15(13)21-26(22,23)11-17-14-7-3-5-9-18(14)24-20-17/h2-10,21H,11H2,1H3. The smallest absolute Gasteiger partial charge is 0.238 e. The van der Waals surface area contributed by atoms with Crippen LogP contribution in [0.15, 0.2) is 58.4 Å². The van der Waals surface area contributed by atoms with Crippen molar-refractivity contribution in [1.29, 1.82) is 0 Å². The third kappa shape index (κ3) is 3.33. The highest BCUT2D eigenvalue weighted by atomic mass is 32.2. The van der Waals surface area contributed by atoms with Gasteiger partial charge in [-0.25, -0.2) is 13.4 Å². The lowest BCUT2D eigenvalue weighted by Crippen LogP contribution is -2.16. The van der Waals surface area contributed by atoms with Crippen LogP contribution in [0.3, 0.4) is 0 Å². The summed E-state index contributed by atoms with van der Waals surface area (Å²) in [4.78, 5) is 4.44. The molecule has 26 heavy (non-hydrogen) atoms. The Bertz CT molecular complexity index is 1180. The number of para-hydroxylation sites is 2. The van der Waals surface area contributed by atoms with Gasteiger partial charge in [0.15, 0.2) is 5.58 Å². The summed E-state index contributed by atoms with van der Waals surface area (Å²) in [5.74, 6) is -0.269. The summed E-state index contributed by atoms with van der Waals surface area (Å²) in [5, 5.41) is 7.43. The Morgan fingerprint density at radius 3 is 2.69 bits per heavy atom. The lowest BCUT2D eigenvalue weighted by molar-refractivity contribution is 0.448. The van der Waals surface area contributed by atoms with Crippen molar-refractivity contribution in [1.82, 2.24) is 10.1 Å². The first-order valence-corrected chi connectivity index (χ1v) is 10.4. The van der Waals surface area contributed by atoms with E-state index in [0.717, 1.165) is 16.3 Å². The maximum absolute atomic E-state index is 12.7. The monoisotopic (exact) mass is 385 g/mol. The van der Waals surface area contributed by atoms with Gasteiger partial charge in [-0.05, 0) is 25.1 Å². The van der Waals surface area contributed by atoms with Crippen molar-refractivity contribution in [3.63, 3.8) is 0 Å². The maximum atomic E-state index is 12.7. The first-order chi connectivity index (χ1) is 12.5. The highest BCUT2D eigenvalue weighted by Crippen LogP contribution is 2.30. The fourth-order valence-electron chi connectivity index (χ4n) is 2.71. The van der Waals surface area contributed by atoms with Gasteiger partial charge in [-0.3, -0.25) is 4.72 Å². The SMILES string of the molecule is Cc1nc(-c2ccccc2NS(=O)(=O)Cc2noc3ccccc23)cs1. The van der Waals surface area contributed by atoms with Gasteiger partial charge in [-0.15, -0.1) is 11.3 Å². The van der Waals surface area contributed by atoms with Crippen molar-refractivity contribution >= 4 is 38.0 Å². The molecule has 2 aromatic heterocycles. The van der Waals surface area contributed by atoms with E-state index in [2.05, 4.69) is 14.9 Å². The Morgan fingerprint density at radius 1 is 1.12 bits per heavy atom. The minimum atomic E-state index is -3.67. The van der Waals surface area contributed by atoms with Crippen molar-refractivity contribution in [3.8, 4) is 11.3 Å². The van der Waals surface area contributed by atoms with Crippen LogP contribution in [-0.2, 0) is 15.8 Å². The summed E-state index contributed by atoms with van der Waals surface area (Å²) in [6, 6.07) is 14.4. The lowest BCUT2D eigenvalue weighted by Gasteiger charge is -2.10. The first kappa shape index (κ1) is 16.7. The Morgan fingerprint density at radius 2 is 1.88 bits per heavy atom. The number of thiazole rings is 1. The molecule has 2 aromatic carbocycles. The molecule has 0 aliphatic carbocycles. The van der Waals surface area contributed by atoms with E-state index in [0.29, 0.717) is 22.4 Å². The summed E-state index contributed by atoms with van der Waals surface area (Å²) < 4.78 is 33.2. The number of anilines is 1. The summed E-state index contributed by atoms with van der Waals surface area (Å²) >= 11 is 1.52. The first-order valence-electron chi connectivity index (χ1n) is 7.87. The summed E-state index contributed by atoms with van der Waals surface area (Å²) in [6.45, 7) is 1.91. The van der Waals surface area contributed by atoms with Crippen LogP contribution < -0.4 is 4.72 Å². The number of sulfonamides is 1. The van der Waals surface area contributed by atoms with E-state index < -0.39 is 10.0 Å². The van der Waals surface area contributed by atoms with Crippen molar-refractivity contribution in [2.24, 2.45) is 0 Å². The van der Waals surface area contributed by atoms with Gasteiger partial charge in [-0.2, -0.15) is 0 Å². The molecular weight excluding hydrogens is 370 g/mol. The van der Waals surface area contributed by atoms with Gasteiger partial charge in [0.25, 0.3) is 0 Å². The Kier molecular flexibility index (Phi) is 4.21. The molecular formula is C18H15N3O3S2. The van der Waals surface area contributed by atoms with Crippen molar-refractivity contribution in [2.75, 3.05) is 4.72 Å². The zero-order valence-corrected chi connectivity index (χ0v) is 15.5. The van der Waals surface area contributed by atoms with Crippen molar-refractivity contribution in [3.05, 3.63) is 64.6 Å². The van der Waals surface area contributed by atoms with Gasteiger partial charge in [0, 0.05) is 16.3 Å². The van der Waals surface area contributed by atoms with Crippen LogP contribution in [0.5, 0.6) is 0 Å². The van der Waals surface area contributed by atoms with E-state index in [1.807, 2.05) is 36.6 Å². The van der Waals surface area contributed by atoms with Crippen LogP contribution in [0, 0.1) is 6.92 Å². The molecule has 0 atom stereocenters. The molecule has 4 rings (SSSR count). The van der Waals surface area contributed by atoms with E-state index in [-0.39, 0.29) is 5.75 Å². The number of fused-ring (bicyclic) bond motifs is 1. The number of rotatable bonds is 5. The molecule has 0 radical (unpaired) electrons. The topological polar surface area (TPSA) is 85.1 Å². The van der Waals surface area contributed by atoms with Gasteiger partial charge in [-0.1, -0.05) is 35.5 Å². The third-order valence-electron chi connectivity index (χ3n) is 3.87. The Labute approximate surface area is 154 Å². The highest BCUT2D eigenvalue weighted by Gasteiger charge is 2.19. The average molecular weight is 385 g/mol. The average Bonchev–Trinajstić information content (AvgIpc) is 3.22. The zero-order valence-electron chi connectivity index (χ0n) is 13.8. The number of aromatic nitrogens is 2. The molecule has 6 nitrogen and oxygen atoms in total. The number of hydrogen-bond acceptors (Lipinski definition) is 6. The predicted molar refractivity (Wildman–Crippen MR) is 103 cm³/mol. The quantitative estimate of drug-likeness (QED) is 0.556. The van der Waals surface area contributed by atoms with Gasteiger partial charge < -0.3 is 4.52 Å². The summed E-state index contributed by atoms with van der Waals surface area (Å²) in [7, 11) is -3.67. The molecule has 2 heterocycles. The fourth-order valence-corrected chi connectivity index (χ4v) is 4.47. The van der Waals surface area contributed by atoms with E-state index >= 15 is 0 Å². The highest BCUT2D eigenvalue weighted by molar-refractivity contribution is 7.91. The third-order valence-corrected chi connectivity index (χ3v) is 5.82. The fraction of sp³-hybridized carbons (Fsp3) is 0.111. The second-order valence-corrected chi connectivity index (χ2v) is 8.57. The lowest BCUT2D eigenvalue weighted by atomic mass is 10.1. The number of hydrogen-bond donors (Lipinski definition) is 1. The second kappa shape index (κ2) is 6.54. The normalized spacial score (nSPS) is 11.7. The molecule has 8 heteroatoms. The molecule has 1 N–H and O–H groups in total. The van der Waals surface area contributed by atoms with E-state index in [1.165, 1.54) is 11.3 Å². The van der Waals surface area contributed by atoms with Crippen LogP contribution in [0.2, 0.25) is 0 Å². The Hall–Kier alpha value is -2.71. The van der Waals surface area contributed by atoms with E-state index in [9.17, 15) is 8.42 Å². The van der Waals surface area contributed by atoms with Crippen LogP contribution in [0.1, 0.15) is 10.7 Å². The van der Waals surface area contributed by atoms with Crippen molar-refractivity contribution < 1.29 is 12.9 Å². The molecule has 0 saturated heterocycles. The molecule has 0 amide bonds. The molecule has 0 unspecified atom stereocenters. The molecule has 0 spiro atoms. The van der Waals surface area contributed by atoms with Gasteiger partial charge in [0.05, 0.1) is 16.4 Å². The molecule has 0 aliphatic heterocycles. The van der Waals surface area contributed by atoms with Crippen LogP contribution in [0.25, 0.3) is 22.2 Å². The zero-order chi connectivity index (χ0) is 18.1. The maximum Gasteiger partial charge on any atom is 0.238 e. The van der Waals surface area contributed by atoms with Gasteiger partial charge >= 0.3 is 0 Å². The number of nitrogens with one attached hydrogen (secondary N) is 1. The summed E-state index contributed by atoms with van der Waals surface area (Å²) in [6.07, 6.45) is 0.